The van der Waals surface area contributed by atoms with Gasteiger partial charge in [0.2, 0.25) is 0 Å². The Morgan fingerprint density at radius 3 is 2.22 bits per heavy atom. The Bertz CT molecular complexity index is 1230. The summed E-state index contributed by atoms with van der Waals surface area (Å²) in [5.41, 5.74) is -2.71. The van der Waals surface area contributed by atoms with Crippen LogP contribution >= 0.6 is 0 Å². The van der Waals surface area contributed by atoms with E-state index in [1.165, 1.54) is 11.7 Å². The number of hydrogen-bond acceptors (Lipinski definition) is 5. The second-order valence-corrected chi connectivity index (χ2v) is 9.72. The van der Waals surface area contributed by atoms with Crippen LogP contribution in [0.25, 0.3) is 0 Å². The number of piperidine rings is 1. The fourth-order valence-corrected chi connectivity index (χ4v) is 5.62. The van der Waals surface area contributed by atoms with Gasteiger partial charge in [-0.1, -0.05) is 30.3 Å². The molecule has 3 aromatic rings. The summed E-state index contributed by atoms with van der Waals surface area (Å²) in [5, 5.41) is 16.2. The molecular formula is C25H25F6N5O. The third kappa shape index (κ3) is 4.84. The zero-order chi connectivity index (χ0) is 26.6. The van der Waals surface area contributed by atoms with E-state index in [0.29, 0.717) is 25.1 Å². The topological polar surface area (TPSA) is 64.9 Å². The lowest BCUT2D eigenvalue weighted by Crippen LogP contribution is -2.54. The highest BCUT2D eigenvalue weighted by Crippen LogP contribution is 2.51. The molecule has 2 saturated heterocycles. The molecule has 6 nitrogen and oxygen atoms in total. The number of aryl methyl sites for hydroxylation is 1. The zero-order valence-corrected chi connectivity index (χ0v) is 20.0. The molecule has 2 aliphatic heterocycles. The second-order valence-electron chi connectivity index (χ2n) is 9.72. The van der Waals surface area contributed by atoms with Gasteiger partial charge in [0.05, 0.1) is 35.9 Å². The number of halogens is 6. The Balaban J connectivity index is 1.50. The van der Waals surface area contributed by atoms with Crippen LogP contribution in [-0.2, 0) is 29.7 Å². The number of rotatable bonds is 5. The summed E-state index contributed by atoms with van der Waals surface area (Å²) in [4.78, 5) is 1.38. The maximum Gasteiger partial charge on any atom is 0.416 e. The summed E-state index contributed by atoms with van der Waals surface area (Å²) in [6.45, 7) is 1.48. The zero-order valence-electron chi connectivity index (χ0n) is 20.0. The monoisotopic (exact) mass is 525 g/mol. The van der Waals surface area contributed by atoms with E-state index < -0.39 is 41.2 Å². The van der Waals surface area contributed by atoms with Gasteiger partial charge in [-0.05, 0) is 60.7 Å². The van der Waals surface area contributed by atoms with Gasteiger partial charge in [0.15, 0.2) is 5.82 Å². The maximum absolute atomic E-state index is 13.4. The number of fused-ring (bicyclic) bond motifs is 2. The van der Waals surface area contributed by atoms with E-state index in [9.17, 15) is 26.3 Å². The number of tetrazole rings is 1. The largest absolute Gasteiger partial charge is 0.416 e. The molecule has 2 aliphatic rings. The smallest absolute Gasteiger partial charge is 0.368 e. The summed E-state index contributed by atoms with van der Waals surface area (Å²) in [7, 11) is 1.68. The van der Waals surface area contributed by atoms with Gasteiger partial charge in [-0.2, -0.15) is 31.1 Å². The molecule has 1 aromatic heterocycles. The maximum atomic E-state index is 13.4. The number of nitrogens with zero attached hydrogens (tertiary/aromatic N) is 4. The number of ether oxygens (including phenoxy) is 1. The molecule has 2 fully saturated rings. The SMILES string of the molecule is C[C@H](OC1CCC2N[C@@]1(c1ccccc1)CC2c1nnn(C)n1)c1cc(C(F)(F)F)cc(C(F)(F)F)c1. The van der Waals surface area contributed by atoms with Crippen LogP contribution in [0.2, 0.25) is 0 Å². The molecule has 0 saturated carbocycles. The van der Waals surface area contributed by atoms with E-state index in [0.717, 1.165) is 17.7 Å². The van der Waals surface area contributed by atoms with Crippen LogP contribution in [0.5, 0.6) is 0 Å². The second kappa shape index (κ2) is 9.09. The minimum Gasteiger partial charge on any atom is -0.368 e. The molecule has 37 heavy (non-hydrogen) atoms. The summed E-state index contributed by atoms with van der Waals surface area (Å²) in [5.74, 6) is 0.502. The minimum atomic E-state index is -4.93. The lowest BCUT2D eigenvalue weighted by Gasteiger charge is -2.43. The van der Waals surface area contributed by atoms with Gasteiger partial charge in [0.25, 0.3) is 0 Å². The van der Waals surface area contributed by atoms with Crippen molar-refractivity contribution in [2.24, 2.45) is 7.05 Å². The predicted octanol–water partition coefficient (Wildman–Crippen LogP) is 5.53. The van der Waals surface area contributed by atoms with Crippen LogP contribution in [0.15, 0.2) is 48.5 Å². The Hall–Kier alpha value is -2.99. The molecule has 12 heteroatoms. The van der Waals surface area contributed by atoms with E-state index in [1.807, 2.05) is 30.3 Å². The highest BCUT2D eigenvalue weighted by Gasteiger charge is 2.56. The summed E-state index contributed by atoms with van der Waals surface area (Å²) in [6.07, 6.45) is -9.63. The Labute approximate surface area is 209 Å². The van der Waals surface area contributed by atoms with Crippen molar-refractivity contribution in [3.8, 4) is 0 Å². The molecule has 2 aromatic carbocycles. The molecule has 0 spiro atoms. The third-order valence-corrected chi connectivity index (χ3v) is 7.35. The first kappa shape index (κ1) is 25.7. The van der Waals surface area contributed by atoms with Crippen LogP contribution in [0.3, 0.4) is 0 Å². The van der Waals surface area contributed by atoms with Crippen molar-refractivity contribution in [3.63, 3.8) is 0 Å². The molecular weight excluding hydrogens is 500 g/mol. The molecule has 1 N–H and O–H groups in total. The average Bonchev–Trinajstić information content (AvgIpc) is 3.41. The lowest BCUT2D eigenvalue weighted by atomic mass is 9.79. The van der Waals surface area contributed by atoms with Crippen molar-refractivity contribution in [2.75, 3.05) is 0 Å². The molecule has 2 bridgehead atoms. The highest BCUT2D eigenvalue weighted by atomic mass is 19.4. The Kier molecular flexibility index (Phi) is 6.30. The third-order valence-electron chi connectivity index (χ3n) is 7.35. The Morgan fingerprint density at radius 1 is 1.00 bits per heavy atom. The van der Waals surface area contributed by atoms with Crippen LogP contribution in [0.1, 0.15) is 66.3 Å². The molecule has 0 amide bonds. The molecule has 3 unspecified atom stereocenters. The first-order valence-corrected chi connectivity index (χ1v) is 11.9. The first-order valence-electron chi connectivity index (χ1n) is 11.9. The van der Waals surface area contributed by atoms with Gasteiger partial charge in [-0.3, -0.25) is 0 Å². The lowest BCUT2D eigenvalue weighted by molar-refractivity contribution is -0.143. The fraction of sp³-hybridized carbons (Fsp3) is 0.480. The standard InChI is InChI=1S/C25H25F6N5O/c1-14(15-10-17(24(26,27)28)12-18(11-15)25(29,30)31)37-21-9-8-20-19(22-33-35-36(2)34-22)13-23(21,32-20)16-6-4-3-5-7-16/h3-7,10-12,14,19-21,32H,8-9,13H2,1-2H3/t14-,19?,20?,21?,23+/m0/s1. The summed E-state index contributed by atoms with van der Waals surface area (Å²) in [6, 6.07) is 11.1. The number of benzene rings is 2. The van der Waals surface area contributed by atoms with Crippen molar-refractivity contribution in [1.82, 2.24) is 25.5 Å². The number of nitrogens with one attached hydrogen (secondary N) is 1. The number of hydrogen-bond donors (Lipinski definition) is 1. The van der Waals surface area contributed by atoms with E-state index in [4.69, 9.17) is 4.74 Å². The predicted molar refractivity (Wildman–Crippen MR) is 120 cm³/mol. The van der Waals surface area contributed by atoms with Crippen molar-refractivity contribution in [2.45, 2.75) is 68.2 Å². The van der Waals surface area contributed by atoms with Gasteiger partial charge >= 0.3 is 12.4 Å². The van der Waals surface area contributed by atoms with E-state index in [2.05, 4.69) is 20.7 Å². The van der Waals surface area contributed by atoms with Gasteiger partial charge in [-0.25, -0.2) is 0 Å². The molecule has 5 atom stereocenters. The van der Waals surface area contributed by atoms with Crippen molar-refractivity contribution >= 4 is 0 Å². The van der Waals surface area contributed by atoms with Gasteiger partial charge in [-0.15, -0.1) is 10.2 Å². The first-order chi connectivity index (χ1) is 17.4. The van der Waals surface area contributed by atoms with Crippen LogP contribution in [0, 0.1) is 0 Å². The normalized spacial score (nSPS) is 26.9. The average molecular weight is 525 g/mol. The van der Waals surface area contributed by atoms with Gasteiger partial charge in [0.1, 0.15) is 0 Å². The van der Waals surface area contributed by atoms with Gasteiger partial charge < -0.3 is 10.1 Å². The molecule has 3 heterocycles. The van der Waals surface area contributed by atoms with E-state index in [-0.39, 0.29) is 23.6 Å². The number of aromatic nitrogens is 4. The quantitative estimate of drug-likeness (QED) is 0.444. The highest BCUT2D eigenvalue weighted by molar-refractivity contribution is 5.36. The summed E-state index contributed by atoms with van der Waals surface area (Å²) < 4.78 is 86.9. The van der Waals surface area contributed by atoms with Crippen molar-refractivity contribution in [1.29, 1.82) is 0 Å². The minimum absolute atomic E-state index is 0.0185. The Morgan fingerprint density at radius 2 is 1.65 bits per heavy atom. The molecule has 198 valence electrons. The summed E-state index contributed by atoms with van der Waals surface area (Å²) >= 11 is 0. The number of alkyl halides is 6. The molecule has 0 aliphatic carbocycles. The van der Waals surface area contributed by atoms with Crippen LogP contribution in [-0.4, -0.2) is 32.4 Å². The van der Waals surface area contributed by atoms with Gasteiger partial charge in [0, 0.05) is 12.0 Å². The van der Waals surface area contributed by atoms with Crippen molar-refractivity contribution < 1.29 is 31.1 Å². The van der Waals surface area contributed by atoms with Crippen LogP contribution in [0.4, 0.5) is 26.3 Å². The van der Waals surface area contributed by atoms with E-state index >= 15 is 0 Å². The van der Waals surface area contributed by atoms with Crippen molar-refractivity contribution in [3.05, 3.63) is 76.6 Å². The van der Waals surface area contributed by atoms with E-state index in [1.54, 1.807) is 7.05 Å². The molecule has 5 rings (SSSR count). The fourth-order valence-electron chi connectivity index (χ4n) is 5.62. The molecule has 0 radical (unpaired) electrons. The van der Waals surface area contributed by atoms with Crippen LogP contribution < -0.4 is 5.32 Å².